The van der Waals surface area contributed by atoms with E-state index in [9.17, 15) is 4.79 Å². The fourth-order valence-electron chi connectivity index (χ4n) is 3.38. The summed E-state index contributed by atoms with van der Waals surface area (Å²) in [6.07, 6.45) is 1.59. The molecule has 1 aliphatic rings. The summed E-state index contributed by atoms with van der Waals surface area (Å²) in [6.45, 7) is 6.92. The summed E-state index contributed by atoms with van der Waals surface area (Å²) in [5.74, 6) is 1.86. The summed E-state index contributed by atoms with van der Waals surface area (Å²) in [5, 5.41) is 6.65. The van der Waals surface area contributed by atoms with Gasteiger partial charge in [-0.2, -0.15) is 0 Å². The molecule has 0 bridgehead atoms. The van der Waals surface area contributed by atoms with Crippen LogP contribution < -0.4 is 20.3 Å². The van der Waals surface area contributed by atoms with Crippen LogP contribution in [0, 0.1) is 6.92 Å². The Labute approximate surface area is 196 Å². The second kappa shape index (κ2) is 11.8. The number of aliphatic imine (C=N–C) groups is 1. The van der Waals surface area contributed by atoms with E-state index in [2.05, 4.69) is 39.9 Å². The van der Waals surface area contributed by atoms with E-state index in [4.69, 9.17) is 4.74 Å². The predicted molar refractivity (Wildman–Crippen MR) is 133 cm³/mol. The van der Waals surface area contributed by atoms with Crippen LogP contribution in [0.3, 0.4) is 0 Å². The van der Waals surface area contributed by atoms with E-state index < -0.39 is 0 Å². The summed E-state index contributed by atoms with van der Waals surface area (Å²) >= 11 is 0. The van der Waals surface area contributed by atoms with E-state index in [1.165, 1.54) is 0 Å². The van der Waals surface area contributed by atoms with Gasteiger partial charge in [-0.15, -0.1) is 24.0 Å². The number of ether oxygens (including phenoxy) is 1. The minimum Gasteiger partial charge on any atom is -0.496 e. The zero-order chi connectivity index (χ0) is 20.6. The molecule has 162 valence electrons. The molecule has 0 aromatic heterocycles. The van der Waals surface area contributed by atoms with Crippen LogP contribution in [0.4, 0.5) is 5.69 Å². The second-order valence-corrected chi connectivity index (χ2v) is 7.17. The first-order valence-corrected chi connectivity index (χ1v) is 10.2. The lowest BCUT2D eigenvalue weighted by Gasteiger charge is -2.16. The number of anilines is 1. The van der Waals surface area contributed by atoms with Gasteiger partial charge in [0.25, 0.3) is 0 Å². The van der Waals surface area contributed by atoms with Crippen LogP contribution in [0.15, 0.2) is 47.5 Å². The lowest BCUT2D eigenvalue weighted by molar-refractivity contribution is -0.117. The Morgan fingerprint density at radius 1 is 1.13 bits per heavy atom. The van der Waals surface area contributed by atoms with Crippen molar-refractivity contribution in [2.75, 3.05) is 25.1 Å². The number of carbonyl (C=O) groups excluding carboxylic acids is 1. The molecular formula is C23H31IN4O2. The standard InChI is InChI=1S/C23H30N4O2.HI/c1-4-24-23(26-16-19-8-7-17(2)21(14-19)29-3)25-15-18-9-11-20(12-10-18)27-13-5-6-22(27)28;/h7-12,14H,4-6,13,15-16H2,1-3H3,(H2,24,25,26);1H. The first kappa shape index (κ1) is 24.0. The molecule has 30 heavy (non-hydrogen) atoms. The van der Waals surface area contributed by atoms with Crippen molar-refractivity contribution in [3.8, 4) is 5.75 Å². The van der Waals surface area contributed by atoms with Gasteiger partial charge in [0.2, 0.25) is 5.91 Å². The van der Waals surface area contributed by atoms with Crippen molar-refractivity contribution in [3.63, 3.8) is 0 Å². The lowest BCUT2D eigenvalue weighted by Crippen LogP contribution is -2.36. The molecule has 7 heteroatoms. The number of hydrogen-bond acceptors (Lipinski definition) is 3. The quantitative estimate of drug-likeness (QED) is 0.328. The fraction of sp³-hybridized carbons (Fsp3) is 0.391. The Bertz CT molecular complexity index is 868. The van der Waals surface area contributed by atoms with Crippen molar-refractivity contribution in [1.82, 2.24) is 10.6 Å². The third kappa shape index (κ3) is 6.35. The predicted octanol–water partition coefficient (Wildman–Crippen LogP) is 4.00. The molecule has 0 aliphatic carbocycles. The van der Waals surface area contributed by atoms with Crippen molar-refractivity contribution in [2.45, 2.75) is 39.8 Å². The third-order valence-corrected chi connectivity index (χ3v) is 5.02. The number of aryl methyl sites for hydroxylation is 1. The van der Waals surface area contributed by atoms with E-state index >= 15 is 0 Å². The first-order valence-electron chi connectivity index (χ1n) is 10.2. The summed E-state index contributed by atoms with van der Waals surface area (Å²) in [4.78, 5) is 18.4. The highest BCUT2D eigenvalue weighted by Crippen LogP contribution is 2.22. The van der Waals surface area contributed by atoms with Crippen LogP contribution in [-0.2, 0) is 17.9 Å². The molecule has 1 saturated heterocycles. The van der Waals surface area contributed by atoms with E-state index in [0.717, 1.165) is 53.6 Å². The number of guanidine groups is 1. The SMILES string of the molecule is CCNC(=NCc1ccc(C)c(OC)c1)NCc1ccc(N2CCCC2=O)cc1.I. The average molecular weight is 522 g/mol. The number of methoxy groups -OCH3 is 1. The highest BCUT2D eigenvalue weighted by Gasteiger charge is 2.21. The number of rotatable bonds is 7. The number of hydrogen-bond donors (Lipinski definition) is 2. The number of nitrogens with zero attached hydrogens (tertiary/aromatic N) is 2. The number of halogens is 1. The molecule has 2 N–H and O–H groups in total. The van der Waals surface area contributed by atoms with Crippen LogP contribution in [0.2, 0.25) is 0 Å². The second-order valence-electron chi connectivity index (χ2n) is 7.17. The number of carbonyl (C=O) groups is 1. The van der Waals surface area contributed by atoms with Gasteiger partial charge in [0.05, 0.1) is 13.7 Å². The lowest BCUT2D eigenvalue weighted by atomic mass is 10.1. The number of nitrogens with one attached hydrogen (secondary N) is 2. The molecule has 1 fully saturated rings. The Morgan fingerprint density at radius 3 is 2.50 bits per heavy atom. The average Bonchev–Trinajstić information content (AvgIpc) is 3.17. The molecule has 2 aromatic carbocycles. The summed E-state index contributed by atoms with van der Waals surface area (Å²) in [6, 6.07) is 14.3. The zero-order valence-corrected chi connectivity index (χ0v) is 20.2. The maximum atomic E-state index is 11.9. The van der Waals surface area contributed by atoms with Crippen molar-refractivity contribution in [1.29, 1.82) is 0 Å². The molecular weight excluding hydrogens is 491 g/mol. The number of benzene rings is 2. The highest BCUT2D eigenvalue weighted by atomic mass is 127. The Kier molecular flexibility index (Phi) is 9.42. The molecule has 0 saturated carbocycles. The van der Waals surface area contributed by atoms with Crippen molar-refractivity contribution < 1.29 is 9.53 Å². The highest BCUT2D eigenvalue weighted by molar-refractivity contribution is 14.0. The van der Waals surface area contributed by atoms with Crippen molar-refractivity contribution in [3.05, 3.63) is 59.2 Å². The molecule has 3 rings (SSSR count). The van der Waals surface area contributed by atoms with Gasteiger partial charge in [0, 0.05) is 31.7 Å². The Balaban J connectivity index is 0.00000320. The van der Waals surface area contributed by atoms with Gasteiger partial charge in [0.15, 0.2) is 5.96 Å². The molecule has 0 spiro atoms. The van der Waals surface area contributed by atoms with E-state index in [-0.39, 0.29) is 29.9 Å². The topological polar surface area (TPSA) is 66.0 Å². The van der Waals surface area contributed by atoms with Gasteiger partial charge in [-0.3, -0.25) is 4.79 Å². The molecule has 1 aliphatic heterocycles. The van der Waals surface area contributed by atoms with Crippen LogP contribution in [-0.4, -0.2) is 32.1 Å². The Morgan fingerprint density at radius 2 is 1.87 bits per heavy atom. The molecule has 1 heterocycles. The summed E-state index contributed by atoms with van der Waals surface area (Å²) in [5.41, 5.74) is 4.33. The molecule has 6 nitrogen and oxygen atoms in total. The van der Waals surface area contributed by atoms with Crippen LogP contribution in [0.25, 0.3) is 0 Å². The van der Waals surface area contributed by atoms with E-state index in [0.29, 0.717) is 19.5 Å². The fourth-order valence-corrected chi connectivity index (χ4v) is 3.38. The molecule has 2 aromatic rings. The minimum absolute atomic E-state index is 0. The van der Waals surface area contributed by atoms with Gasteiger partial charge in [-0.05, 0) is 55.2 Å². The molecule has 0 unspecified atom stereocenters. The molecule has 0 radical (unpaired) electrons. The van der Waals surface area contributed by atoms with Gasteiger partial charge in [0.1, 0.15) is 5.75 Å². The maximum Gasteiger partial charge on any atom is 0.227 e. The third-order valence-electron chi connectivity index (χ3n) is 5.02. The van der Waals surface area contributed by atoms with Gasteiger partial charge >= 0.3 is 0 Å². The van der Waals surface area contributed by atoms with Gasteiger partial charge in [-0.1, -0.05) is 24.3 Å². The maximum absolute atomic E-state index is 11.9. The van der Waals surface area contributed by atoms with Crippen LogP contribution in [0.1, 0.15) is 36.5 Å². The monoisotopic (exact) mass is 522 g/mol. The van der Waals surface area contributed by atoms with Crippen molar-refractivity contribution in [2.24, 2.45) is 4.99 Å². The summed E-state index contributed by atoms with van der Waals surface area (Å²) in [7, 11) is 1.69. The van der Waals surface area contributed by atoms with E-state index in [1.807, 2.05) is 36.9 Å². The van der Waals surface area contributed by atoms with Gasteiger partial charge < -0.3 is 20.3 Å². The largest absolute Gasteiger partial charge is 0.496 e. The molecule has 1 amide bonds. The molecule has 0 atom stereocenters. The van der Waals surface area contributed by atoms with Crippen LogP contribution >= 0.6 is 24.0 Å². The van der Waals surface area contributed by atoms with Crippen molar-refractivity contribution >= 4 is 41.5 Å². The van der Waals surface area contributed by atoms with Gasteiger partial charge in [-0.25, -0.2) is 4.99 Å². The van der Waals surface area contributed by atoms with Crippen LogP contribution in [0.5, 0.6) is 5.75 Å². The smallest absolute Gasteiger partial charge is 0.227 e. The normalized spacial score (nSPS) is 13.8. The number of amides is 1. The minimum atomic E-state index is 0. The first-order chi connectivity index (χ1) is 14.1. The van der Waals surface area contributed by atoms with E-state index in [1.54, 1.807) is 7.11 Å². The zero-order valence-electron chi connectivity index (χ0n) is 17.9. The summed E-state index contributed by atoms with van der Waals surface area (Å²) < 4.78 is 5.39. The Hall–Kier alpha value is -2.29.